The normalized spacial score (nSPS) is 14.9. The van der Waals surface area contributed by atoms with E-state index in [1.165, 1.54) is 16.0 Å². The van der Waals surface area contributed by atoms with Gasteiger partial charge in [0.1, 0.15) is 5.00 Å². The zero-order valence-electron chi connectivity index (χ0n) is 14.0. The molecule has 3 rings (SSSR count). The number of ether oxygens (including phenoxy) is 1. The van der Waals surface area contributed by atoms with Crippen molar-refractivity contribution >= 4 is 34.7 Å². The van der Waals surface area contributed by atoms with Crippen molar-refractivity contribution in [3.8, 4) is 0 Å². The highest BCUT2D eigenvalue weighted by Gasteiger charge is 2.19. The zero-order chi connectivity index (χ0) is 16.2. The monoisotopic (exact) mass is 366 g/mol. The van der Waals surface area contributed by atoms with E-state index in [0.29, 0.717) is 5.56 Å². The van der Waals surface area contributed by atoms with Crippen molar-refractivity contribution in [3.05, 3.63) is 51.9 Å². The third-order valence-corrected chi connectivity index (χ3v) is 5.42. The van der Waals surface area contributed by atoms with Gasteiger partial charge in [0.15, 0.2) is 0 Å². The quantitative estimate of drug-likeness (QED) is 0.893. The molecule has 1 saturated heterocycles. The summed E-state index contributed by atoms with van der Waals surface area (Å²) in [4.78, 5) is 16.1. The maximum absolute atomic E-state index is 12.4. The van der Waals surface area contributed by atoms with Crippen LogP contribution in [0.15, 0.2) is 30.3 Å². The molecule has 1 fully saturated rings. The summed E-state index contributed by atoms with van der Waals surface area (Å²) in [6.45, 7) is 8.58. The van der Waals surface area contributed by atoms with Crippen LogP contribution in [0.3, 0.4) is 0 Å². The molecule has 0 saturated carbocycles. The number of aryl methyl sites for hydroxylation is 1. The highest BCUT2D eigenvalue weighted by atomic mass is 35.5. The fourth-order valence-corrected chi connectivity index (χ4v) is 3.78. The summed E-state index contributed by atoms with van der Waals surface area (Å²) in [5.41, 5.74) is 3.21. The Morgan fingerprint density at radius 2 is 1.88 bits per heavy atom. The first-order chi connectivity index (χ1) is 11.1. The number of halogens is 1. The van der Waals surface area contributed by atoms with Crippen LogP contribution in [-0.2, 0) is 11.3 Å². The van der Waals surface area contributed by atoms with Gasteiger partial charge in [-0.1, -0.05) is 18.2 Å². The Morgan fingerprint density at radius 3 is 2.54 bits per heavy atom. The molecule has 1 aliphatic heterocycles. The molecule has 0 unspecified atom stereocenters. The Morgan fingerprint density at radius 1 is 1.21 bits per heavy atom. The molecule has 4 nitrogen and oxygen atoms in total. The van der Waals surface area contributed by atoms with Gasteiger partial charge in [-0.15, -0.1) is 23.7 Å². The van der Waals surface area contributed by atoms with Crippen LogP contribution >= 0.6 is 23.7 Å². The Balaban J connectivity index is 0.00000208. The molecule has 0 spiro atoms. The van der Waals surface area contributed by atoms with Gasteiger partial charge in [0.2, 0.25) is 0 Å². The highest BCUT2D eigenvalue weighted by Crippen LogP contribution is 2.33. The molecule has 0 bridgehead atoms. The summed E-state index contributed by atoms with van der Waals surface area (Å²) in [5, 5.41) is 4.07. The summed E-state index contributed by atoms with van der Waals surface area (Å²) in [6.07, 6.45) is 0. The first kappa shape index (κ1) is 18.9. The van der Waals surface area contributed by atoms with Crippen molar-refractivity contribution in [1.29, 1.82) is 0 Å². The van der Waals surface area contributed by atoms with E-state index in [4.69, 9.17) is 4.74 Å². The van der Waals surface area contributed by atoms with Crippen molar-refractivity contribution in [2.75, 3.05) is 31.6 Å². The van der Waals surface area contributed by atoms with Crippen LogP contribution in [0.5, 0.6) is 0 Å². The van der Waals surface area contributed by atoms with Crippen molar-refractivity contribution in [1.82, 2.24) is 4.90 Å². The summed E-state index contributed by atoms with van der Waals surface area (Å²) < 4.78 is 5.42. The second-order valence-corrected chi connectivity index (χ2v) is 7.02. The maximum Gasteiger partial charge on any atom is 0.256 e. The summed E-state index contributed by atoms with van der Waals surface area (Å²) in [6, 6.07) is 9.36. The lowest BCUT2D eigenvalue weighted by Gasteiger charge is -2.27. The van der Waals surface area contributed by atoms with Gasteiger partial charge in [-0.25, -0.2) is 0 Å². The standard InChI is InChI=1S/C18H22N2O2S.ClH/c1-13-14(2)23-18(16(13)12-20-8-10-22-11-9-20)19-17(21)15-6-4-3-5-7-15;/h3-7H,8-12H2,1-2H3,(H,19,21);1H. The lowest BCUT2D eigenvalue weighted by molar-refractivity contribution is 0.0342. The van der Waals surface area contributed by atoms with Crippen LogP contribution < -0.4 is 5.32 Å². The number of morpholine rings is 1. The van der Waals surface area contributed by atoms with Crippen molar-refractivity contribution in [3.63, 3.8) is 0 Å². The average molecular weight is 367 g/mol. The number of thiophene rings is 1. The first-order valence-corrected chi connectivity index (χ1v) is 8.72. The van der Waals surface area contributed by atoms with Gasteiger partial charge in [0.25, 0.3) is 5.91 Å². The molecule has 0 aliphatic carbocycles. The van der Waals surface area contributed by atoms with Gasteiger partial charge in [0.05, 0.1) is 13.2 Å². The van der Waals surface area contributed by atoms with Crippen LogP contribution in [0.4, 0.5) is 5.00 Å². The van der Waals surface area contributed by atoms with E-state index in [2.05, 4.69) is 24.1 Å². The van der Waals surface area contributed by atoms with Gasteiger partial charge < -0.3 is 10.1 Å². The van der Waals surface area contributed by atoms with E-state index in [1.807, 2.05) is 30.3 Å². The zero-order valence-corrected chi connectivity index (χ0v) is 15.6. The Bertz CT molecular complexity index is 682. The molecule has 1 aromatic carbocycles. The molecule has 0 radical (unpaired) electrons. The summed E-state index contributed by atoms with van der Waals surface area (Å²) in [5.74, 6) is -0.0462. The molecule has 1 N–H and O–H groups in total. The minimum atomic E-state index is -0.0462. The lowest BCUT2D eigenvalue weighted by Crippen LogP contribution is -2.35. The van der Waals surface area contributed by atoms with Crippen LogP contribution in [0.2, 0.25) is 0 Å². The number of anilines is 1. The van der Waals surface area contributed by atoms with Gasteiger partial charge in [-0.3, -0.25) is 9.69 Å². The van der Waals surface area contributed by atoms with E-state index in [-0.39, 0.29) is 18.3 Å². The lowest BCUT2D eigenvalue weighted by atomic mass is 10.1. The second kappa shape index (κ2) is 8.62. The SMILES string of the molecule is Cc1sc(NC(=O)c2ccccc2)c(CN2CCOCC2)c1C.Cl. The van der Waals surface area contributed by atoms with Crippen LogP contribution in [0.1, 0.15) is 26.4 Å². The molecular weight excluding hydrogens is 344 g/mol. The average Bonchev–Trinajstić information content (AvgIpc) is 2.84. The number of hydrogen-bond acceptors (Lipinski definition) is 4. The predicted octanol–water partition coefficient (Wildman–Crippen LogP) is 3.87. The number of rotatable bonds is 4. The van der Waals surface area contributed by atoms with Gasteiger partial charge >= 0.3 is 0 Å². The smallest absolute Gasteiger partial charge is 0.256 e. The van der Waals surface area contributed by atoms with Crippen molar-refractivity contribution < 1.29 is 9.53 Å². The molecule has 24 heavy (non-hydrogen) atoms. The molecule has 2 aromatic rings. The van der Waals surface area contributed by atoms with E-state index < -0.39 is 0 Å². The van der Waals surface area contributed by atoms with Crippen LogP contribution in [-0.4, -0.2) is 37.1 Å². The van der Waals surface area contributed by atoms with E-state index in [0.717, 1.165) is 37.8 Å². The molecule has 1 aromatic heterocycles. The fourth-order valence-electron chi connectivity index (χ4n) is 2.71. The maximum atomic E-state index is 12.4. The molecule has 0 atom stereocenters. The number of carbonyl (C=O) groups is 1. The number of carbonyl (C=O) groups excluding carboxylic acids is 1. The van der Waals surface area contributed by atoms with E-state index >= 15 is 0 Å². The van der Waals surface area contributed by atoms with Crippen LogP contribution in [0.25, 0.3) is 0 Å². The van der Waals surface area contributed by atoms with Gasteiger partial charge in [-0.05, 0) is 31.5 Å². The van der Waals surface area contributed by atoms with Crippen molar-refractivity contribution in [2.45, 2.75) is 20.4 Å². The van der Waals surface area contributed by atoms with Crippen LogP contribution in [0, 0.1) is 13.8 Å². The molecule has 130 valence electrons. The minimum absolute atomic E-state index is 0. The summed E-state index contributed by atoms with van der Waals surface area (Å²) in [7, 11) is 0. The minimum Gasteiger partial charge on any atom is -0.379 e. The Labute approximate surface area is 153 Å². The molecule has 6 heteroatoms. The third kappa shape index (κ3) is 4.36. The third-order valence-electron chi connectivity index (χ3n) is 4.26. The van der Waals surface area contributed by atoms with Gasteiger partial charge in [0, 0.05) is 35.6 Å². The fraction of sp³-hybridized carbons (Fsp3) is 0.389. The number of hydrogen-bond donors (Lipinski definition) is 1. The summed E-state index contributed by atoms with van der Waals surface area (Å²) >= 11 is 1.66. The molecule has 1 aliphatic rings. The first-order valence-electron chi connectivity index (χ1n) is 7.90. The molecule has 2 heterocycles. The number of amides is 1. The number of nitrogens with zero attached hydrogens (tertiary/aromatic N) is 1. The largest absolute Gasteiger partial charge is 0.379 e. The number of benzene rings is 1. The highest BCUT2D eigenvalue weighted by molar-refractivity contribution is 7.16. The topological polar surface area (TPSA) is 41.6 Å². The molecular formula is C18H23ClN2O2S. The molecule has 1 amide bonds. The number of nitrogens with one attached hydrogen (secondary N) is 1. The Hall–Kier alpha value is -1.40. The van der Waals surface area contributed by atoms with E-state index in [9.17, 15) is 4.79 Å². The van der Waals surface area contributed by atoms with E-state index in [1.54, 1.807) is 11.3 Å². The predicted molar refractivity (Wildman–Crippen MR) is 102 cm³/mol. The second-order valence-electron chi connectivity index (χ2n) is 5.80. The Kier molecular flexibility index (Phi) is 6.80. The van der Waals surface area contributed by atoms with Gasteiger partial charge in [-0.2, -0.15) is 0 Å². The van der Waals surface area contributed by atoms with Crippen molar-refractivity contribution in [2.24, 2.45) is 0 Å².